The summed E-state index contributed by atoms with van der Waals surface area (Å²) < 4.78 is 5.46. The zero-order chi connectivity index (χ0) is 19.5. The number of nitrogens with zero attached hydrogens (tertiary/aromatic N) is 3. The average molecular weight is 369 g/mol. The summed E-state index contributed by atoms with van der Waals surface area (Å²) in [7, 11) is 0. The first-order valence-electron chi connectivity index (χ1n) is 9.75. The quantitative estimate of drug-likeness (QED) is 0.864. The van der Waals surface area contributed by atoms with Gasteiger partial charge in [-0.3, -0.25) is 4.98 Å². The summed E-state index contributed by atoms with van der Waals surface area (Å²) in [6.07, 6.45) is 3.88. The van der Waals surface area contributed by atoms with Crippen molar-refractivity contribution >= 4 is 11.5 Å². The van der Waals surface area contributed by atoms with E-state index in [-0.39, 0.29) is 10.8 Å². The van der Waals surface area contributed by atoms with Crippen LogP contribution in [0.2, 0.25) is 0 Å². The highest BCUT2D eigenvalue weighted by Crippen LogP contribution is 2.27. The molecule has 0 amide bonds. The molecule has 5 heteroatoms. The van der Waals surface area contributed by atoms with Crippen LogP contribution < -0.4 is 10.2 Å². The van der Waals surface area contributed by atoms with E-state index in [0.29, 0.717) is 0 Å². The van der Waals surface area contributed by atoms with Crippen molar-refractivity contribution in [2.45, 2.75) is 45.4 Å². The summed E-state index contributed by atoms with van der Waals surface area (Å²) in [5.41, 5.74) is 3.57. The third-order valence-electron chi connectivity index (χ3n) is 5.15. The Morgan fingerprint density at radius 3 is 2.41 bits per heavy atom. The minimum absolute atomic E-state index is 0.104. The maximum absolute atomic E-state index is 5.46. The second-order valence-electron chi connectivity index (χ2n) is 8.92. The van der Waals surface area contributed by atoms with Crippen LogP contribution in [0.1, 0.15) is 45.9 Å². The molecule has 5 nitrogen and oxygen atoms in total. The normalized spacial score (nSPS) is 15.7. The Morgan fingerprint density at radius 2 is 1.78 bits per heavy atom. The van der Waals surface area contributed by atoms with E-state index in [0.717, 1.165) is 44.4 Å². The Morgan fingerprint density at radius 1 is 1.04 bits per heavy atom. The molecular formula is C22H32N4O. The summed E-state index contributed by atoms with van der Waals surface area (Å²) in [4.78, 5) is 11.6. The van der Waals surface area contributed by atoms with E-state index < -0.39 is 0 Å². The number of rotatable bonds is 5. The molecule has 0 spiro atoms. The number of pyridine rings is 2. The third-order valence-corrected chi connectivity index (χ3v) is 5.15. The van der Waals surface area contributed by atoms with Gasteiger partial charge >= 0.3 is 0 Å². The molecule has 0 unspecified atom stereocenters. The third kappa shape index (κ3) is 4.98. The van der Waals surface area contributed by atoms with Gasteiger partial charge in [-0.05, 0) is 29.2 Å². The van der Waals surface area contributed by atoms with E-state index in [4.69, 9.17) is 4.74 Å². The molecule has 27 heavy (non-hydrogen) atoms. The molecule has 2 aromatic heterocycles. The summed E-state index contributed by atoms with van der Waals surface area (Å²) in [5, 5.41) is 3.48. The van der Waals surface area contributed by atoms with Crippen LogP contribution in [0.25, 0.3) is 0 Å². The molecule has 1 aliphatic rings. The van der Waals surface area contributed by atoms with Crippen molar-refractivity contribution in [3.63, 3.8) is 0 Å². The van der Waals surface area contributed by atoms with Crippen LogP contribution in [-0.2, 0) is 15.6 Å². The molecule has 3 rings (SSSR count). The van der Waals surface area contributed by atoms with E-state index in [1.807, 2.05) is 12.4 Å². The van der Waals surface area contributed by atoms with Gasteiger partial charge in [0.05, 0.1) is 13.2 Å². The molecule has 0 saturated carbocycles. The molecule has 2 aromatic rings. The summed E-state index contributed by atoms with van der Waals surface area (Å²) >= 11 is 0. The molecule has 1 N–H and O–H groups in total. The first-order valence-corrected chi connectivity index (χ1v) is 9.75. The lowest BCUT2D eigenvalue weighted by Gasteiger charge is -2.31. The van der Waals surface area contributed by atoms with Gasteiger partial charge in [0, 0.05) is 48.8 Å². The molecular weight excluding hydrogens is 336 g/mol. The summed E-state index contributed by atoms with van der Waals surface area (Å²) in [5.74, 6) is 0.903. The smallest absolute Gasteiger partial charge is 0.125 e. The van der Waals surface area contributed by atoms with Gasteiger partial charge in [0.1, 0.15) is 5.82 Å². The SMILES string of the molecule is CC(C)(C)c1ccc(NCC(C)(C)c2cc(N3CCOCC3)ccn2)nc1. The van der Waals surface area contributed by atoms with Gasteiger partial charge in [0.25, 0.3) is 0 Å². The second-order valence-corrected chi connectivity index (χ2v) is 8.92. The van der Waals surface area contributed by atoms with E-state index >= 15 is 0 Å². The zero-order valence-electron chi connectivity index (χ0n) is 17.2. The number of hydrogen-bond donors (Lipinski definition) is 1. The monoisotopic (exact) mass is 368 g/mol. The highest BCUT2D eigenvalue weighted by Gasteiger charge is 2.24. The molecule has 0 aliphatic carbocycles. The van der Waals surface area contributed by atoms with Crippen LogP contribution in [0.4, 0.5) is 11.5 Å². The standard InChI is InChI=1S/C22H32N4O/c1-21(2,3)17-6-7-20(24-15-17)25-16-22(4,5)19-14-18(8-9-23-19)26-10-12-27-13-11-26/h6-9,14-15H,10-13,16H2,1-5H3,(H,24,25). The van der Waals surface area contributed by atoms with Crippen molar-refractivity contribution in [1.29, 1.82) is 0 Å². The molecule has 1 saturated heterocycles. The molecule has 0 atom stereocenters. The summed E-state index contributed by atoms with van der Waals surface area (Å²) in [6.45, 7) is 15.3. The maximum atomic E-state index is 5.46. The van der Waals surface area contributed by atoms with E-state index in [2.05, 4.69) is 79.1 Å². The number of hydrogen-bond acceptors (Lipinski definition) is 5. The van der Waals surface area contributed by atoms with Crippen molar-refractivity contribution in [3.05, 3.63) is 47.9 Å². The fraction of sp³-hybridized carbons (Fsp3) is 0.545. The number of morpholine rings is 1. The fourth-order valence-corrected chi connectivity index (χ4v) is 3.15. The summed E-state index contributed by atoms with van der Waals surface area (Å²) in [6, 6.07) is 8.52. The van der Waals surface area contributed by atoms with Gasteiger partial charge in [-0.1, -0.05) is 40.7 Å². The van der Waals surface area contributed by atoms with Gasteiger partial charge in [0.2, 0.25) is 0 Å². The van der Waals surface area contributed by atoms with Crippen LogP contribution >= 0.6 is 0 Å². The predicted molar refractivity (Wildman–Crippen MR) is 112 cm³/mol. The van der Waals surface area contributed by atoms with E-state index in [1.54, 1.807) is 0 Å². The molecule has 0 bridgehead atoms. The molecule has 1 fully saturated rings. The van der Waals surface area contributed by atoms with Crippen molar-refractivity contribution < 1.29 is 4.74 Å². The number of anilines is 2. The highest BCUT2D eigenvalue weighted by molar-refractivity contribution is 5.48. The van der Waals surface area contributed by atoms with Gasteiger partial charge in [-0.2, -0.15) is 0 Å². The van der Waals surface area contributed by atoms with Crippen molar-refractivity contribution in [1.82, 2.24) is 9.97 Å². The fourth-order valence-electron chi connectivity index (χ4n) is 3.15. The highest BCUT2D eigenvalue weighted by atomic mass is 16.5. The lowest BCUT2D eigenvalue weighted by Crippen LogP contribution is -2.36. The van der Waals surface area contributed by atoms with Crippen molar-refractivity contribution in [2.24, 2.45) is 0 Å². The van der Waals surface area contributed by atoms with Gasteiger partial charge < -0.3 is 15.0 Å². The van der Waals surface area contributed by atoms with E-state index in [1.165, 1.54) is 11.3 Å². The lowest BCUT2D eigenvalue weighted by molar-refractivity contribution is 0.122. The van der Waals surface area contributed by atoms with Gasteiger partial charge in [-0.15, -0.1) is 0 Å². The number of nitrogens with one attached hydrogen (secondary N) is 1. The van der Waals surface area contributed by atoms with Crippen LogP contribution in [0.15, 0.2) is 36.7 Å². The van der Waals surface area contributed by atoms with Gasteiger partial charge in [-0.25, -0.2) is 4.98 Å². The number of aromatic nitrogens is 2. The first-order chi connectivity index (χ1) is 12.8. The second kappa shape index (κ2) is 7.85. The lowest BCUT2D eigenvalue weighted by atomic mass is 9.88. The first kappa shape index (κ1) is 19.6. The molecule has 3 heterocycles. The Kier molecular flexibility index (Phi) is 5.70. The van der Waals surface area contributed by atoms with Gasteiger partial charge in [0.15, 0.2) is 0 Å². The molecule has 0 aromatic carbocycles. The topological polar surface area (TPSA) is 50.3 Å². The minimum Gasteiger partial charge on any atom is -0.378 e. The average Bonchev–Trinajstić information content (AvgIpc) is 2.67. The Balaban J connectivity index is 1.67. The van der Waals surface area contributed by atoms with Crippen LogP contribution in [0.3, 0.4) is 0 Å². The molecule has 1 aliphatic heterocycles. The van der Waals surface area contributed by atoms with Crippen molar-refractivity contribution in [2.75, 3.05) is 43.1 Å². The van der Waals surface area contributed by atoms with Crippen LogP contribution in [0, 0.1) is 0 Å². The van der Waals surface area contributed by atoms with Crippen molar-refractivity contribution in [3.8, 4) is 0 Å². The van der Waals surface area contributed by atoms with E-state index in [9.17, 15) is 0 Å². The Hall–Kier alpha value is -2.14. The maximum Gasteiger partial charge on any atom is 0.125 e. The Bertz CT molecular complexity index is 744. The minimum atomic E-state index is -0.104. The largest absolute Gasteiger partial charge is 0.378 e. The van der Waals surface area contributed by atoms with Crippen LogP contribution in [-0.4, -0.2) is 42.8 Å². The Labute approximate surface area is 163 Å². The number of ether oxygens (including phenoxy) is 1. The van der Waals surface area contributed by atoms with Crippen LogP contribution in [0.5, 0.6) is 0 Å². The predicted octanol–water partition coefficient (Wildman–Crippen LogP) is 4.00. The zero-order valence-corrected chi connectivity index (χ0v) is 17.2. The molecule has 0 radical (unpaired) electrons. The molecule has 146 valence electrons.